The van der Waals surface area contributed by atoms with E-state index in [4.69, 9.17) is 9.47 Å². The highest BCUT2D eigenvalue weighted by molar-refractivity contribution is 5.04. The summed E-state index contributed by atoms with van der Waals surface area (Å²) < 4.78 is 11.8. The van der Waals surface area contributed by atoms with Gasteiger partial charge in [-0.05, 0) is 31.4 Å². The summed E-state index contributed by atoms with van der Waals surface area (Å²) in [5, 5.41) is 0. The zero-order valence-electron chi connectivity index (χ0n) is 13.8. The molecule has 3 fully saturated rings. The summed E-state index contributed by atoms with van der Waals surface area (Å²) in [6.45, 7) is 7.97. The van der Waals surface area contributed by atoms with Crippen molar-refractivity contribution in [2.24, 2.45) is 0 Å². The Labute approximate surface area is 138 Å². The van der Waals surface area contributed by atoms with Gasteiger partial charge in [0.15, 0.2) is 0 Å². The fourth-order valence-corrected chi connectivity index (χ4v) is 4.19. The number of pyridine rings is 1. The van der Waals surface area contributed by atoms with Gasteiger partial charge in [0.2, 0.25) is 0 Å². The van der Waals surface area contributed by atoms with Crippen molar-refractivity contribution in [2.75, 3.05) is 46.0 Å². The highest BCUT2D eigenvalue weighted by atomic mass is 16.5. The summed E-state index contributed by atoms with van der Waals surface area (Å²) in [6, 6.07) is 6.80. The van der Waals surface area contributed by atoms with Gasteiger partial charge in [-0.2, -0.15) is 0 Å². The van der Waals surface area contributed by atoms with Gasteiger partial charge in [0, 0.05) is 51.6 Å². The minimum atomic E-state index is 0.0585. The molecule has 5 nitrogen and oxygen atoms in total. The van der Waals surface area contributed by atoms with Crippen molar-refractivity contribution in [1.82, 2.24) is 14.8 Å². The highest BCUT2D eigenvalue weighted by Crippen LogP contribution is 2.32. The van der Waals surface area contributed by atoms with Gasteiger partial charge in [0.25, 0.3) is 0 Å². The van der Waals surface area contributed by atoms with E-state index in [0.29, 0.717) is 6.04 Å². The molecule has 3 aliphatic rings. The molecule has 5 heteroatoms. The second-order valence-electron chi connectivity index (χ2n) is 7.12. The first-order valence-corrected chi connectivity index (χ1v) is 8.91. The van der Waals surface area contributed by atoms with E-state index < -0.39 is 0 Å². The molecule has 1 atom stereocenters. The van der Waals surface area contributed by atoms with Crippen LogP contribution in [0.2, 0.25) is 0 Å². The predicted octanol–water partition coefficient (Wildman–Crippen LogP) is 1.54. The van der Waals surface area contributed by atoms with E-state index >= 15 is 0 Å². The van der Waals surface area contributed by atoms with Gasteiger partial charge < -0.3 is 9.47 Å². The Bertz CT molecular complexity index is 496. The Kier molecular flexibility index (Phi) is 4.62. The summed E-state index contributed by atoms with van der Waals surface area (Å²) in [4.78, 5) is 9.59. The first-order valence-electron chi connectivity index (χ1n) is 8.91. The molecule has 0 N–H and O–H groups in total. The molecule has 0 bridgehead atoms. The van der Waals surface area contributed by atoms with Crippen molar-refractivity contribution >= 4 is 0 Å². The number of hydrogen-bond donors (Lipinski definition) is 0. The number of hydrogen-bond acceptors (Lipinski definition) is 5. The normalized spacial score (nSPS) is 29.1. The molecule has 0 amide bonds. The van der Waals surface area contributed by atoms with Crippen LogP contribution in [0.3, 0.4) is 0 Å². The number of morpholine rings is 1. The molecule has 1 spiro atoms. The average Bonchev–Trinajstić information content (AvgIpc) is 3.11. The number of piperidine rings is 1. The van der Waals surface area contributed by atoms with E-state index in [2.05, 4.69) is 26.9 Å². The average molecular weight is 317 g/mol. The van der Waals surface area contributed by atoms with Crippen LogP contribution in [0.25, 0.3) is 0 Å². The smallest absolute Gasteiger partial charge is 0.0833 e. The summed E-state index contributed by atoms with van der Waals surface area (Å²) in [6.07, 6.45) is 5.36. The third-order valence-corrected chi connectivity index (χ3v) is 5.57. The Morgan fingerprint density at radius 3 is 2.83 bits per heavy atom. The van der Waals surface area contributed by atoms with E-state index in [1.54, 1.807) is 0 Å². The van der Waals surface area contributed by atoms with E-state index in [1.807, 2.05) is 12.3 Å². The number of nitrogens with zero attached hydrogens (tertiary/aromatic N) is 3. The lowest BCUT2D eigenvalue weighted by Gasteiger charge is -2.48. The van der Waals surface area contributed by atoms with Crippen molar-refractivity contribution in [3.05, 3.63) is 30.1 Å². The number of rotatable bonds is 3. The summed E-state index contributed by atoms with van der Waals surface area (Å²) in [5.74, 6) is 0. The van der Waals surface area contributed by atoms with Crippen molar-refractivity contribution < 1.29 is 9.47 Å². The molecule has 0 aromatic carbocycles. The zero-order chi connectivity index (χ0) is 15.5. The van der Waals surface area contributed by atoms with Crippen molar-refractivity contribution in [3.8, 4) is 0 Å². The largest absolute Gasteiger partial charge is 0.380 e. The minimum absolute atomic E-state index is 0.0585. The van der Waals surface area contributed by atoms with Crippen LogP contribution in [0, 0.1) is 0 Å². The fraction of sp³-hybridized carbons (Fsp3) is 0.722. The first kappa shape index (κ1) is 15.5. The van der Waals surface area contributed by atoms with Crippen LogP contribution in [-0.2, 0) is 16.0 Å². The number of ether oxygens (including phenoxy) is 2. The summed E-state index contributed by atoms with van der Waals surface area (Å²) in [5.41, 5.74) is 1.22. The van der Waals surface area contributed by atoms with Gasteiger partial charge >= 0.3 is 0 Å². The maximum Gasteiger partial charge on any atom is 0.0833 e. The van der Waals surface area contributed by atoms with Crippen molar-refractivity contribution in [3.63, 3.8) is 0 Å². The molecule has 126 valence electrons. The van der Waals surface area contributed by atoms with Crippen LogP contribution < -0.4 is 0 Å². The van der Waals surface area contributed by atoms with Gasteiger partial charge in [-0.25, -0.2) is 0 Å². The Balaban J connectivity index is 1.34. The van der Waals surface area contributed by atoms with E-state index in [1.165, 1.54) is 6.42 Å². The molecule has 3 saturated heterocycles. The van der Waals surface area contributed by atoms with Crippen LogP contribution in [-0.4, -0.2) is 72.4 Å². The lowest BCUT2D eigenvalue weighted by molar-refractivity contribution is -0.140. The summed E-state index contributed by atoms with van der Waals surface area (Å²) >= 11 is 0. The quantitative estimate of drug-likeness (QED) is 0.845. The topological polar surface area (TPSA) is 37.8 Å². The number of likely N-dealkylation sites (tertiary alicyclic amines) is 1. The molecular weight excluding hydrogens is 290 g/mol. The molecular formula is C18H27N3O2. The van der Waals surface area contributed by atoms with Gasteiger partial charge in [-0.15, -0.1) is 0 Å². The Morgan fingerprint density at radius 1 is 1.17 bits per heavy atom. The molecule has 23 heavy (non-hydrogen) atoms. The molecule has 0 saturated carbocycles. The molecule has 4 rings (SSSR count). The van der Waals surface area contributed by atoms with Gasteiger partial charge in [-0.1, -0.05) is 6.07 Å². The monoisotopic (exact) mass is 317 g/mol. The minimum Gasteiger partial charge on any atom is -0.380 e. The molecule has 3 aliphatic heterocycles. The zero-order valence-corrected chi connectivity index (χ0v) is 13.8. The predicted molar refractivity (Wildman–Crippen MR) is 88.2 cm³/mol. The van der Waals surface area contributed by atoms with Gasteiger partial charge in [-0.3, -0.25) is 14.8 Å². The Hall–Kier alpha value is -1.01. The standard InChI is InChI=1S/C18H27N3O2/c1-2-7-19-16(3-1)13-20-10-12-23-18(15-20)5-8-21(9-6-18)17-4-11-22-14-17/h1-3,7,17H,4-6,8-15H2/t17-/m0/s1. The SMILES string of the molecule is c1ccc(CN2CCOC3(CCN([C@H]4CCOC4)CC3)C2)nc1. The molecule has 0 unspecified atom stereocenters. The maximum atomic E-state index is 6.27. The van der Waals surface area contributed by atoms with Gasteiger partial charge in [0.05, 0.1) is 24.5 Å². The maximum absolute atomic E-state index is 6.27. The summed E-state index contributed by atoms with van der Waals surface area (Å²) in [7, 11) is 0. The van der Waals surface area contributed by atoms with Crippen LogP contribution in [0.5, 0.6) is 0 Å². The van der Waals surface area contributed by atoms with Crippen LogP contribution >= 0.6 is 0 Å². The molecule has 0 radical (unpaired) electrons. The number of aromatic nitrogens is 1. The van der Waals surface area contributed by atoms with Crippen LogP contribution in [0.1, 0.15) is 25.0 Å². The van der Waals surface area contributed by atoms with E-state index in [0.717, 1.165) is 71.1 Å². The molecule has 1 aromatic heterocycles. The van der Waals surface area contributed by atoms with Crippen molar-refractivity contribution in [2.45, 2.75) is 37.5 Å². The van der Waals surface area contributed by atoms with E-state index in [9.17, 15) is 0 Å². The Morgan fingerprint density at radius 2 is 2.09 bits per heavy atom. The third-order valence-electron chi connectivity index (χ3n) is 5.57. The second-order valence-corrected chi connectivity index (χ2v) is 7.12. The fourth-order valence-electron chi connectivity index (χ4n) is 4.19. The molecule has 0 aliphatic carbocycles. The highest BCUT2D eigenvalue weighted by Gasteiger charge is 2.41. The lowest BCUT2D eigenvalue weighted by Crippen LogP contribution is -2.57. The molecule has 4 heterocycles. The van der Waals surface area contributed by atoms with Gasteiger partial charge in [0.1, 0.15) is 0 Å². The van der Waals surface area contributed by atoms with E-state index in [-0.39, 0.29) is 5.60 Å². The second kappa shape index (κ2) is 6.85. The third kappa shape index (κ3) is 3.58. The van der Waals surface area contributed by atoms with Crippen LogP contribution in [0.15, 0.2) is 24.4 Å². The van der Waals surface area contributed by atoms with Crippen molar-refractivity contribution in [1.29, 1.82) is 0 Å². The first-order chi connectivity index (χ1) is 11.3. The van der Waals surface area contributed by atoms with Crippen LogP contribution in [0.4, 0.5) is 0 Å². The molecule has 1 aromatic rings. The lowest BCUT2D eigenvalue weighted by atomic mass is 9.88.